The highest BCUT2D eigenvalue weighted by Gasteiger charge is 2.35. The van der Waals surface area contributed by atoms with Crippen LogP contribution in [0.3, 0.4) is 0 Å². The van der Waals surface area contributed by atoms with E-state index in [0.717, 1.165) is 5.56 Å². The van der Waals surface area contributed by atoms with Crippen molar-refractivity contribution in [3.05, 3.63) is 64.2 Å². The van der Waals surface area contributed by atoms with E-state index in [2.05, 4.69) is 5.32 Å². The molecule has 0 saturated carbocycles. The molecule has 164 valence electrons. The maximum Gasteiger partial charge on any atom is 0.267 e. The molecule has 10 heteroatoms. The van der Waals surface area contributed by atoms with Crippen LogP contribution < -0.4 is 10.1 Å². The number of sulfonamides is 1. The summed E-state index contributed by atoms with van der Waals surface area (Å²) in [6, 6.07) is 10.7. The molecule has 0 bridgehead atoms. The Kier molecular flexibility index (Phi) is 6.99. The summed E-state index contributed by atoms with van der Waals surface area (Å²) in [5, 5.41) is 2.91. The number of nitrogens with zero attached hydrogens (tertiary/aromatic N) is 1. The van der Waals surface area contributed by atoms with Crippen LogP contribution in [-0.4, -0.2) is 51.5 Å². The Hall–Kier alpha value is -2.88. The Morgan fingerprint density at radius 3 is 2.55 bits per heavy atom. The summed E-state index contributed by atoms with van der Waals surface area (Å²) < 4.78 is 37.2. The van der Waals surface area contributed by atoms with Crippen LogP contribution in [0.4, 0.5) is 0 Å². The van der Waals surface area contributed by atoms with Gasteiger partial charge in [0.25, 0.3) is 15.9 Å². The highest BCUT2D eigenvalue weighted by molar-refractivity contribution is 7.89. The molecule has 0 atom stereocenters. The number of hydrogen-bond acceptors (Lipinski definition) is 6. The number of ether oxygens (including phenoxy) is 2. The summed E-state index contributed by atoms with van der Waals surface area (Å²) in [6.07, 6.45) is 1.51. The SMILES string of the molecule is COCOc1ccc(C)cc1C=C1CNC(=O)CN(S(=O)(=O)c2ccc(Cl)cc2)C1=O. The van der Waals surface area contributed by atoms with Crippen LogP contribution in [0.1, 0.15) is 11.1 Å². The second kappa shape index (κ2) is 9.51. The first-order valence-corrected chi connectivity index (χ1v) is 11.1. The number of carbonyl (C=O) groups is 2. The Balaban J connectivity index is 2.03. The molecule has 1 aliphatic rings. The minimum Gasteiger partial charge on any atom is -0.467 e. The largest absolute Gasteiger partial charge is 0.467 e. The van der Waals surface area contributed by atoms with Gasteiger partial charge < -0.3 is 14.8 Å². The minimum absolute atomic E-state index is 0.000980. The molecule has 1 heterocycles. The first-order chi connectivity index (χ1) is 14.7. The predicted molar refractivity (Wildman–Crippen MR) is 115 cm³/mol. The van der Waals surface area contributed by atoms with Crippen LogP contribution in [-0.2, 0) is 24.3 Å². The van der Waals surface area contributed by atoms with E-state index in [1.165, 1.54) is 37.5 Å². The number of halogens is 1. The molecule has 1 aliphatic heterocycles. The summed E-state index contributed by atoms with van der Waals surface area (Å²) in [4.78, 5) is 25.2. The van der Waals surface area contributed by atoms with Gasteiger partial charge in [0, 0.05) is 29.8 Å². The van der Waals surface area contributed by atoms with Gasteiger partial charge in [0.15, 0.2) is 6.79 Å². The molecule has 0 unspecified atom stereocenters. The molecule has 0 aromatic heterocycles. The van der Waals surface area contributed by atoms with Crippen molar-refractivity contribution < 1.29 is 27.5 Å². The summed E-state index contributed by atoms with van der Waals surface area (Å²) in [5.74, 6) is -0.933. The summed E-state index contributed by atoms with van der Waals surface area (Å²) in [6.45, 7) is 1.13. The second-order valence-electron chi connectivity index (χ2n) is 6.81. The quantitative estimate of drug-likeness (QED) is 0.520. The van der Waals surface area contributed by atoms with Gasteiger partial charge in [-0.15, -0.1) is 0 Å². The Bertz CT molecular complexity index is 1130. The average molecular weight is 465 g/mol. The number of amides is 2. The van der Waals surface area contributed by atoms with Crippen molar-refractivity contribution in [1.29, 1.82) is 0 Å². The summed E-state index contributed by atoms with van der Waals surface area (Å²) >= 11 is 5.83. The van der Waals surface area contributed by atoms with Gasteiger partial charge in [-0.1, -0.05) is 23.2 Å². The van der Waals surface area contributed by atoms with Crippen molar-refractivity contribution in [3.8, 4) is 5.75 Å². The zero-order valence-corrected chi connectivity index (χ0v) is 18.5. The number of nitrogens with one attached hydrogen (secondary N) is 1. The number of methoxy groups -OCH3 is 1. The topological polar surface area (TPSA) is 102 Å². The molecule has 3 rings (SSSR count). The third kappa shape index (κ3) is 5.25. The predicted octanol–water partition coefficient (Wildman–Crippen LogP) is 2.36. The van der Waals surface area contributed by atoms with E-state index in [1.807, 2.05) is 13.0 Å². The molecular weight excluding hydrogens is 444 g/mol. The fourth-order valence-corrected chi connectivity index (χ4v) is 4.43. The van der Waals surface area contributed by atoms with Crippen molar-refractivity contribution in [2.75, 3.05) is 27.0 Å². The highest BCUT2D eigenvalue weighted by Crippen LogP contribution is 2.26. The summed E-state index contributed by atoms with van der Waals surface area (Å²) in [7, 11) is -2.79. The van der Waals surface area contributed by atoms with E-state index in [4.69, 9.17) is 21.1 Å². The van der Waals surface area contributed by atoms with Gasteiger partial charge >= 0.3 is 0 Å². The van der Waals surface area contributed by atoms with Crippen LogP contribution in [0, 0.1) is 6.92 Å². The third-order valence-electron chi connectivity index (χ3n) is 4.49. The standard InChI is InChI=1S/C21H21ClN2O6S/c1-14-3-8-19(30-13-29-2)15(9-14)10-16-11-23-20(25)12-24(21(16)26)31(27,28)18-6-4-17(22)5-7-18/h3-10H,11-13H2,1-2H3,(H,23,25). The normalized spacial score (nSPS) is 16.2. The monoisotopic (exact) mass is 464 g/mol. The van der Waals surface area contributed by atoms with Crippen LogP contribution in [0.5, 0.6) is 5.75 Å². The van der Waals surface area contributed by atoms with E-state index in [9.17, 15) is 18.0 Å². The smallest absolute Gasteiger partial charge is 0.267 e. The summed E-state index contributed by atoms with van der Waals surface area (Å²) in [5.41, 5.74) is 1.56. The fourth-order valence-electron chi connectivity index (χ4n) is 2.95. The zero-order chi connectivity index (χ0) is 22.6. The van der Waals surface area contributed by atoms with Gasteiger partial charge in [-0.2, -0.15) is 0 Å². The highest BCUT2D eigenvalue weighted by atomic mass is 35.5. The maximum atomic E-state index is 13.2. The molecule has 0 aliphatic carbocycles. The Labute approximate surface area is 185 Å². The van der Waals surface area contributed by atoms with Crippen molar-refractivity contribution in [3.63, 3.8) is 0 Å². The third-order valence-corrected chi connectivity index (χ3v) is 6.49. The number of carbonyl (C=O) groups excluding carboxylic acids is 2. The van der Waals surface area contributed by atoms with Crippen LogP contribution >= 0.6 is 11.6 Å². The van der Waals surface area contributed by atoms with Crippen molar-refractivity contribution in [2.45, 2.75) is 11.8 Å². The van der Waals surface area contributed by atoms with Gasteiger partial charge in [-0.3, -0.25) is 9.59 Å². The first-order valence-electron chi connectivity index (χ1n) is 9.24. The average Bonchev–Trinajstić information content (AvgIpc) is 2.87. The second-order valence-corrected chi connectivity index (χ2v) is 9.11. The van der Waals surface area contributed by atoms with Crippen LogP contribution in [0.2, 0.25) is 5.02 Å². The number of benzene rings is 2. The Morgan fingerprint density at radius 2 is 1.87 bits per heavy atom. The lowest BCUT2D eigenvalue weighted by molar-refractivity contribution is -0.127. The molecule has 1 saturated heterocycles. The molecule has 0 radical (unpaired) electrons. The maximum absolute atomic E-state index is 13.2. The van der Waals surface area contributed by atoms with E-state index in [1.54, 1.807) is 12.1 Å². The van der Waals surface area contributed by atoms with Crippen molar-refractivity contribution >= 4 is 39.5 Å². The molecule has 2 amide bonds. The minimum atomic E-state index is -4.27. The van der Waals surface area contributed by atoms with E-state index < -0.39 is 28.4 Å². The molecule has 0 spiro atoms. The molecule has 2 aromatic carbocycles. The van der Waals surface area contributed by atoms with E-state index >= 15 is 0 Å². The molecule has 31 heavy (non-hydrogen) atoms. The van der Waals surface area contributed by atoms with E-state index in [-0.39, 0.29) is 23.8 Å². The molecule has 8 nitrogen and oxygen atoms in total. The van der Waals surface area contributed by atoms with Gasteiger partial charge in [0.05, 0.1) is 4.90 Å². The number of rotatable bonds is 6. The van der Waals surface area contributed by atoms with Crippen molar-refractivity contribution in [2.24, 2.45) is 0 Å². The molecular formula is C21H21ClN2O6S. The van der Waals surface area contributed by atoms with Crippen LogP contribution in [0.25, 0.3) is 6.08 Å². The number of hydrogen-bond donors (Lipinski definition) is 1. The molecule has 1 fully saturated rings. The van der Waals surface area contributed by atoms with Gasteiger partial charge in [0.1, 0.15) is 12.3 Å². The van der Waals surface area contributed by atoms with Crippen LogP contribution in [0.15, 0.2) is 52.9 Å². The number of aryl methyl sites for hydroxylation is 1. The van der Waals surface area contributed by atoms with Gasteiger partial charge in [0.2, 0.25) is 5.91 Å². The fraction of sp³-hybridized carbons (Fsp3) is 0.238. The molecule has 1 N–H and O–H groups in total. The Morgan fingerprint density at radius 1 is 1.16 bits per heavy atom. The van der Waals surface area contributed by atoms with Crippen molar-refractivity contribution in [1.82, 2.24) is 9.62 Å². The van der Waals surface area contributed by atoms with Gasteiger partial charge in [-0.05, 0) is 49.4 Å². The lowest BCUT2D eigenvalue weighted by Crippen LogP contribution is -2.40. The van der Waals surface area contributed by atoms with E-state index in [0.29, 0.717) is 20.6 Å². The van der Waals surface area contributed by atoms with Gasteiger partial charge in [-0.25, -0.2) is 12.7 Å². The lowest BCUT2D eigenvalue weighted by Gasteiger charge is -2.20. The lowest BCUT2D eigenvalue weighted by atomic mass is 10.1. The molecule has 2 aromatic rings. The zero-order valence-electron chi connectivity index (χ0n) is 16.9. The first kappa shape index (κ1) is 22.8.